The first-order valence-corrected chi connectivity index (χ1v) is 6.66. The molecule has 0 aliphatic carbocycles. The third-order valence-corrected chi connectivity index (χ3v) is 3.17. The highest BCUT2D eigenvalue weighted by Gasteiger charge is 2.11. The van der Waals surface area contributed by atoms with Gasteiger partial charge in [-0.2, -0.15) is 0 Å². The van der Waals surface area contributed by atoms with Crippen LogP contribution in [0.3, 0.4) is 0 Å². The molecule has 0 spiro atoms. The summed E-state index contributed by atoms with van der Waals surface area (Å²) in [5.41, 5.74) is 3.87. The Balaban J connectivity index is 2.86. The van der Waals surface area contributed by atoms with Crippen molar-refractivity contribution in [1.29, 1.82) is 0 Å². The standard InChI is InChI=1S/C16H24O2/c1-6-18-15-9-12(3)16(13(4)10-15)8-11(2)7-14(5)17/h9-11H,6-8H2,1-5H3. The van der Waals surface area contributed by atoms with Crippen molar-refractivity contribution in [1.82, 2.24) is 0 Å². The molecular weight excluding hydrogens is 224 g/mol. The molecule has 0 radical (unpaired) electrons. The van der Waals surface area contributed by atoms with Crippen molar-refractivity contribution in [2.75, 3.05) is 6.61 Å². The second kappa shape index (κ2) is 6.58. The fourth-order valence-electron chi connectivity index (χ4n) is 2.44. The van der Waals surface area contributed by atoms with Crippen LogP contribution in [0.5, 0.6) is 5.75 Å². The zero-order valence-electron chi connectivity index (χ0n) is 12.2. The first-order valence-electron chi connectivity index (χ1n) is 6.66. The highest BCUT2D eigenvalue weighted by atomic mass is 16.5. The first-order chi connectivity index (χ1) is 8.43. The van der Waals surface area contributed by atoms with Gasteiger partial charge in [0.1, 0.15) is 11.5 Å². The van der Waals surface area contributed by atoms with E-state index < -0.39 is 0 Å². The molecule has 2 nitrogen and oxygen atoms in total. The lowest BCUT2D eigenvalue weighted by Crippen LogP contribution is -2.08. The molecule has 18 heavy (non-hydrogen) atoms. The van der Waals surface area contributed by atoms with Gasteiger partial charge in [-0.25, -0.2) is 0 Å². The minimum atomic E-state index is 0.267. The van der Waals surface area contributed by atoms with E-state index in [9.17, 15) is 4.79 Å². The van der Waals surface area contributed by atoms with E-state index in [0.29, 0.717) is 18.9 Å². The summed E-state index contributed by atoms with van der Waals surface area (Å²) in [4.78, 5) is 11.1. The fourth-order valence-corrected chi connectivity index (χ4v) is 2.44. The number of aryl methyl sites for hydroxylation is 2. The van der Waals surface area contributed by atoms with E-state index in [-0.39, 0.29) is 5.78 Å². The predicted octanol–water partition coefficient (Wildman–Crippen LogP) is 3.86. The molecule has 0 heterocycles. The number of Topliss-reactive ketones (excluding diaryl/α,β-unsaturated/α-hetero) is 1. The van der Waals surface area contributed by atoms with E-state index in [1.165, 1.54) is 16.7 Å². The van der Waals surface area contributed by atoms with Gasteiger partial charge in [-0.3, -0.25) is 0 Å². The zero-order chi connectivity index (χ0) is 13.7. The van der Waals surface area contributed by atoms with Crippen molar-refractivity contribution in [3.63, 3.8) is 0 Å². The summed E-state index contributed by atoms with van der Waals surface area (Å²) >= 11 is 0. The lowest BCUT2D eigenvalue weighted by Gasteiger charge is -2.16. The fraction of sp³-hybridized carbons (Fsp3) is 0.562. The molecule has 0 aromatic heterocycles. The topological polar surface area (TPSA) is 26.3 Å². The van der Waals surface area contributed by atoms with Gasteiger partial charge in [0.25, 0.3) is 0 Å². The summed E-state index contributed by atoms with van der Waals surface area (Å²) in [6.07, 6.45) is 1.62. The molecule has 0 aliphatic rings. The SMILES string of the molecule is CCOc1cc(C)c(CC(C)CC(C)=O)c(C)c1. The second-order valence-electron chi connectivity index (χ2n) is 5.18. The third-order valence-electron chi connectivity index (χ3n) is 3.17. The summed E-state index contributed by atoms with van der Waals surface area (Å²) < 4.78 is 5.54. The van der Waals surface area contributed by atoms with Crippen LogP contribution in [0.4, 0.5) is 0 Å². The van der Waals surface area contributed by atoms with Crippen LogP contribution in [0.2, 0.25) is 0 Å². The normalized spacial score (nSPS) is 12.3. The Morgan fingerprint density at radius 2 is 1.83 bits per heavy atom. The van der Waals surface area contributed by atoms with Crippen LogP contribution in [-0.2, 0) is 11.2 Å². The minimum Gasteiger partial charge on any atom is -0.494 e. The molecular formula is C16H24O2. The Bertz CT molecular complexity index is 398. The number of hydrogen-bond donors (Lipinski definition) is 0. The summed E-state index contributed by atoms with van der Waals surface area (Å²) in [5.74, 6) is 1.61. The number of benzene rings is 1. The number of carbonyl (C=O) groups is 1. The van der Waals surface area contributed by atoms with Crippen LogP contribution in [0.25, 0.3) is 0 Å². The van der Waals surface area contributed by atoms with Crippen molar-refractivity contribution >= 4 is 5.78 Å². The van der Waals surface area contributed by atoms with E-state index in [0.717, 1.165) is 12.2 Å². The van der Waals surface area contributed by atoms with Gasteiger partial charge >= 0.3 is 0 Å². The number of carbonyl (C=O) groups excluding carboxylic acids is 1. The van der Waals surface area contributed by atoms with Crippen LogP contribution in [0.1, 0.15) is 43.9 Å². The van der Waals surface area contributed by atoms with Gasteiger partial charge in [-0.1, -0.05) is 6.92 Å². The molecule has 0 N–H and O–H groups in total. The van der Waals surface area contributed by atoms with Crippen molar-refractivity contribution in [2.24, 2.45) is 5.92 Å². The molecule has 1 atom stereocenters. The third kappa shape index (κ3) is 4.17. The summed E-state index contributed by atoms with van der Waals surface area (Å²) in [7, 11) is 0. The molecule has 0 bridgehead atoms. The van der Waals surface area contributed by atoms with Gasteiger partial charge < -0.3 is 9.53 Å². The van der Waals surface area contributed by atoms with E-state index >= 15 is 0 Å². The molecule has 0 amide bonds. The van der Waals surface area contributed by atoms with Crippen LogP contribution in [-0.4, -0.2) is 12.4 Å². The maximum atomic E-state index is 11.1. The number of ketones is 1. The minimum absolute atomic E-state index is 0.267. The van der Waals surface area contributed by atoms with E-state index in [2.05, 4.69) is 32.9 Å². The Hall–Kier alpha value is -1.31. The largest absolute Gasteiger partial charge is 0.494 e. The van der Waals surface area contributed by atoms with Crippen molar-refractivity contribution < 1.29 is 9.53 Å². The number of ether oxygens (including phenoxy) is 1. The zero-order valence-corrected chi connectivity index (χ0v) is 12.2. The molecule has 1 rings (SSSR count). The lowest BCUT2D eigenvalue weighted by molar-refractivity contribution is -0.117. The average molecular weight is 248 g/mol. The van der Waals surface area contributed by atoms with E-state index in [4.69, 9.17) is 4.74 Å². The van der Waals surface area contributed by atoms with Gasteiger partial charge in [0.05, 0.1) is 6.61 Å². The molecule has 100 valence electrons. The van der Waals surface area contributed by atoms with Crippen molar-refractivity contribution in [2.45, 2.75) is 47.5 Å². The van der Waals surface area contributed by atoms with Crippen molar-refractivity contribution in [3.8, 4) is 5.75 Å². The van der Waals surface area contributed by atoms with E-state index in [1.807, 2.05) is 6.92 Å². The Morgan fingerprint density at radius 1 is 1.28 bits per heavy atom. The maximum absolute atomic E-state index is 11.1. The molecule has 1 aromatic rings. The van der Waals surface area contributed by atoms with Crippen molar-refractivity contribution in [3.05, 3.63) is 28.8 Å². The Labute approximate surface area is 110 Å². The number of hydrogen-bond acceptors (Lipinski definition) is 2. The Morgan fingerprint density at radius 3 is 2.28 bits per heavy atom. The van der Waals surface area contributed by atoms with Crippen LogP contribution in [0, 0.1) is 19.8 Å². The van der Waals surface area contributed by atoms with E-state index in [1.54, 1.807) is 6.92 Å². The smallest absolute Gasteiger partial charge is 0.130 e. The Kier molecular flexibility index (Phi) is 5.39. The molecule has 0 saturated carbocycles. The summed E-state index contributed by atoms with van der Waals surface area (Å²) in [6.45, 7) is 10.7. The predicted molar refractivity (Wildman–Crippen MR) is 75.3 cm³/mol. The average Bonchev–Trinajstić information content (AvgIpc) is 2.23. The highest BCUT2D eigenvalue weighted by Crippen LogP contribution is 2.25. The molecule has 0 fully saturated rings. The molecule has 2 heteroatoms. The van der Waals surface area contributed by atoms with Gasteiger partial charge in [0, 0.05) is 6.42 Å². The molecule has 0 aliphatic heterocycles. The van der Waals surface area contributed by atoms with Gasteiger partial charge in [-0.15, -0.1) is 0 Å². The van der Waals surface area contributed by atoms with Crippen LogP contribution >= 0.6 is 0 Å². The molecule has 0 saturated heterocycles. The monoisotopic (exact) mass is 248 g/mol. The molecule has 1 aromatic carbocycles. The van der Waals surface area contributed by atoms with Crippen LogP contribution < -0.4 is 4.74 Å². The summed E-state index contributed by atoms with van der Waals surface area (Å²) in [6, 6.07) is 4.18. The van der Waals surface area contributed by atoms with Gasteiger partial charge in [0.2, 0.25) is 0 Å². The van der Waals surface area contributed by atoms with Gasteiger partial charge in [0.15, 0.2) is 0 Å². The van der Waals surface area contributed by atoms with Crippen LogP contribution in [0.15, 0.2) is 12.1 Å². The summed E-state index contributed by atoms with van der Waals surface area (Å²) in [5, 5.41) is 0. The second-order valence-corrected chi connectivity index (χ2v) is 5.18. The number of rotatable bonds is 6. The lowest BCUT2D eigenvalue weighted by atomic mass is 9.91. The molecule has 1 unspecified atom stereocenters. The quantitative estimate of drug-likeness (QED) is 0.764. The van der Waals surface area contributed by atoms with Gasteiger partial charge in [-0.05, 0) is 68.9 Å². The first kappa shape index (κ1) is 14.7. The maximum Gasteiger partial charge on any atom is 0.130 e. The highest BCUT2D eigenvalue weighted by molar-refractivity contribution is 5.75.